The number of nitrogens with zero attached hydrogens (tertiary/aromatic N) is 1. The van der Waals surface area contributed by atoms with Gasteiger partial charge in [-0.05, 0) is 40.0 Å². The van der Waals surface area contributed by atoms with E-state index in [9.17, 15) is 4.79 Å². The van der Waals surface area contributed by atoms with Gasteiger partial charge in [0.05, 0.1) is 6.54 Å². The smallest absolute Gasteiger partial charge is 0.234 e. The summed E-state index contributed by atoms with van der Waals surface area (Å²) in [7, 11) is 0. The molecule has 2 fully saturated rings. The Morgan fingerprint density at radius 1 is 1.29 bits per heavy atom. The van der Waals surface area contributed by atoms with Crippen LogP contribution in [0.2, 0.25) is 0 Å². The fraction of sp³-hybridized carbons (Fsp3) is 0.923. The van der Waals surface area contributed by atoms with Crippen molar-refractivity contribution in [3.63, 3.8) is 0 Å². The lowest BCUT2D eigenvalue weighted by atomic mass is 10.1. The van der Waals surface area contributed by atoms with Gasteiger partial charge >= 0.3 is 0 Å². The van der Waals surface area contributed by atoms with E-state index >= 15 is 0 Å². The van der Waals surface area contributed by atoms with Crippen molar-refractivity contribution in [3.05, 3.63) is 0 Å². The lowest BCUT2D eigenvalue weighted by Crippen LogP contribution is -2.47. The molecular weight excluding hydrogens is 214 g/mol. The molecule has 0 radical (unpaired) electrons. The average molecular weight is 239 g/mol. The summed E-state index contributed by atoms with van der Waals surface area (Å²) in [6, 6.07) is 1.35. The molecule has 1 saturated heterocycles. The molecule has 4 heteroatoms. The van der Waals surface area contributed by atoms with E-state index in [0.29, 0.717) is 12.6 Å². The molecule has 0 spiro atoms. The fourth-order valence-electron chi connectivity index (χ4n) is 2.42. The maximum atomic E-state index is 11.7. The van der Waals surface area contributed by atoms with Crippen LogP contribution < -0.4 is 10.6 Å². The van der Waals surface area contributed by atoms with Gasteiger partial charge in [0.15, 0.2) is 0 Å². The zero-order chi connectivity index (χ0) is 12.5. The molecule has 1 aliphatic heterocycles. The first-order valence-corrected chi connectivity index (χ1v) is 6.72. The SMILES string of the molecule is CC(C)(C)NC(=O)CNC1CCN(C2CC2)C1. The van der Waals surface area contributed by atoms with Crippen molar-refractivity contribution < 1.29 is 4.79 Å². The first-order valence-electron chi connectivity index (χ1n) is 6.72. The van der Waals surface area contributed by atoms with E-state index in [1.807, 2.05) is 20.8 Å². The highest BCUT2D eigenvalue weighted by atomic mass is 16.2. The number of carbonyl (C=O) groups is 1. The molecule has 1 heterocycles. The number of nitrogens with one attached hydrogen (secondary N) is 2. The molecular formula is C13H25N3O. The van der Waals surface area contributed by atoms with Crippen molar-refractivity contribution in [2.45, 2.75) is 57.7 Å². The van der Waals surface area contributed by atoms with Crippen molar-refractivity contribution in [1.82, 2.24) is 15.5 Å². The number of hydrogen-bond acceptors (Lipinski definition) is 3. The summed E-state index contributed by atoms with van der Waals surface area (Å²) >= 11 is 0. The first-order chi connectivity index (χ1) is 7.94. The standard InChI is InChI=1S/C13H25N3O/c1-13(2,3)15-12(17)8-14-10-6-7-16(9-10)11-4-5-11/h10-11,14H,4-9H2,1-3H3,(H,15,17). The van der Waals surface area contributed by atoms with Crippen LogP contribution in [0.5, 0.6) is 0 Å². The molecule has 2 rings (SSSR count). The summed E-state index contributed by atoms with van der Waals surface area (Å²) in [6.07, 6.45) is 3.92. The van der Waals surface area contributed by atoms with Crippen LogP contribution in [0.15, 0.2) is 0 Å². The number of rotatable bonds is 4. The van der Waals surface area contributed by atoms with Crippen molar-refractivity contribution in [3.8, 4) is 0 Å². The summed E-state index contributed by atoms with van der Waals surface area (Å²) in [5, 5.41) is 6.34. The van der Waals surface area contributed by atoms with E-state index in [2.05, 4.69) is 15.5 Å². The van der Waals surface area contributed by atoms with E-state index in [1.165, 1.54) is 25.8 Å². The lowest BCUT2D eigenvalue weighted by Gasteiger charge is -2.21. The van der Waals surface area contributed by atoms with Crippen molar-refractivity contribution >= 4 is 5.91 Å². The third-order valence-electron chi connectivity index (χ3n) is 3.35. The predicted molar refractivity (Wildman–Crippen MR) is 68.9 cm³/mol. The number of amides is 1. The summed E-state index contributed by atoms with van der Waals surface area (Å²) in [5.41, 5.74) is -0.130. The van der Waals surface area contributed by atoms with Gasteiger partial charge in [-0.2, -0.15) is 0 Å². The third kappa shape index (κ3) is 4.28. The van der Waals surface area contributed by atoms with Crippen LogP contribution in [0.3, 0.4) is 0 Å². The topological polar surface area (TPSA) is 44.4 Å². The molecule has 1 saturated carbocycles. The second-order valence-corrected chi connectivity index (χ2v) is 6.39. The quantitative estimate of drug-likeness (QED) is 0.760. The molecule has 2 aliphatic rings. The van der Waals surface area contributed by atoms with Crippen molar-refractivity contribution in [2.75, 3.05) is 19.6 Å². The second-order valence-electron chi connectivity index (χ2n) is 6.39. The molecule has 1 aliphatic carbocycles. The van der Waals surface area contributed by atoms with Crippen LogP contribution in [0, 0.1) is 0 Å². The summed E-state index contributed by atoms with van der Waals surface area (Å²) in [5.74, 6) is 0.0994. The Balaban J connectivity index is 1.63. The number of hydrogen-bond donors (Lipinski definition) is 2. The van der Waals surface area contributed by atoms with Gasteiger partial charge in [0, 0.05) is 30.7 Å². The number of carbonyl (C=O) groups excluding carboxylic acids is 1. The molecule has 1 unspecified atom stereocenters. The monoisotopic (exact) mass is 239 g/mol. The summed E-state index contributed by atoms with van der Waals surface area (Å²) in [6.45, 7) is 8.79. The van der Waals surface area contributed by atoms with Crippen LogP contribution in [0.1, 0.15) is 40.0 Å². The maximum absolute atomic E-state index is 11.7. The molecule has 0 bridgehead atoms. The van der Waals surface area contributed by atoms with Gasteiger partial charge in [-0.15, -0.1) is 0 Å². The van der Waals surface area contributed by atoms with Gasteiger partial charge in [0.25, 0.3) is 0 Å². The highest BCUT2D eigenvalue weighted by Crippen LogP contribution is 2.29. The van der Waals surface area contributed by atoms with E-state index in [-0.39, 0.29) is 11.4 Å². The Bertz CT molecular complexity index is 281. The molecule has 0 aromatic heterocycles. The van der Waals surface area contributed by atoms with E-state index in [0.717, 1.165) is 12.6 Å². The molecule has 98 valence electrons. The zero-order valence-electron chi connectivity index (χ0n) is 11.3. The van der Waals surface area contributed by atoms with Gasteiger partial charge < -0.3 is 10.6 Å². The average Bonchev–Trinajstić information content (AvgIpc) is 2.93. The van der Waals surface area contributed by atoms with Crippen molar-refractivity contribution in [1.29, 1.82) is 0 Å². The largest absolute Gasteiger partial charge is 0.350 e. The van der Waals surface area contributed by atoms with Gasteiger partial charge in [-0.1, -0.05) is 0 Å². The molecule has 0 aromatic carbocycles. The fourth-order valence-corrected chi connectivity index (χ4v) is 2.42. The maximum Gasteiger partial charge on any atom is 0.234 e. The minimum atomic E-state index is -0.130. The van der Waals surface area contributed by atoms with Crippen molar-refractivity contribution in [2.24, 2.45) is 0 Å². The van der Waals surface area contributed by atoms with Crippen LogP contribution in [-0.4, -0.2) is 48.1 Å². The van der Waals surface area contributed by atoms with E-state index in [4.69, 9.17) is 0 Å². The molecule has 4 nitrogen and oxygen atoms in total. The highest BCUT2D eigenvalue weighted by molar-refractivity contribution is 5.78. The zero-order valence-corrected chi connectivity index (χ0v) is 11.3. The Morgan fingerprint density at radius 2 is 2.00 bits per heavy atom. The first kappa shape index (κ1) is 12.8. The summed E-state index contributed by atoms with van der Waals surface area (Å²) in [4.78, 5) is 14.2. The van der Waals surface area contributed by atoms with Gasteiger partial charge in [-0.3, -0.25) is 9.69 Å². The van der Waals surface area contributed by atoms with Gasteiger partial charge in [0.2, 0.25) is 5.91 Å². The van der Waals surface area contributed by atoms with Gasteiger partial charge in [0.1, 0.15) is 0 Å². The van der Waals surface area contributed by atoms with Crippen LogP contribution in [0.25, 0.3) is 0 Å². The predicted octanol–water partition coefficient (Wildman–Crippen LogP) is 0.727. The molecule has 2 N–H and O–H groups in total. The van der Waals surface area contributed by atoms with Crippen LogP contribution >= 0.6 is 0 Å². The third-order valence-corrected chi connectivity index (χ3v) is 3.35. The molecule has 1 amide bonds. The molecule has 1 atom stereocenters. The summed E-state index contributed by atoms with van der Waals surface area (Å²) < 4.78 is 0. The Labute approximate surface area is 104 Å². The Morgan fingerprint density at radius 3 is 2.59 bits per heavy atom. The highest BCUT2D eigenvalue weighted by Gasteiger charge is 2.34. The van der Waals surface area contributed by atoms with Crippen LogP contribution in [0.4, 0.5) is 0 Å². The molecule has 0 aromatic rings. The van der Waals surface area contributed by atoms with Crippen LogP contribution in [-0.2, 0) is 4.79 Å². The number of likely N-dealkylation sites (tertiary alicyclic amines) is 1. The lowest BCUT2D eigenvalue weighted by molar-refractivity contribution is -0.121. The minimum Gasteiger partial charge on any atom is -0.350 e. The Kier molecular flexibility index (Phi) is 3.73. The van der Waals surface area contributed by atoms with Gasteiger partial charge in [-0.25, -0.2) is 0 Å². The minimum absolute atomic E-state index is 0.0994. The van der Waals surface area contributed by atoms with E-state index < -0.39 is 0 Å². The second kappa shape index (κ2) is 4.94. The van der Waals surface area contributed by atoms with E-state index in [1.54, 1.807) is 0 Å². The molecule has 17 heavy (non-hydrogen) atoms. The normalized spacial score (nSPS) is 26.2. The Hall–Kier alpha value is -0.610.